The number of carboxylic acid groups (broad SMARTS) is 1. The minimum absolute atomic E-state index is 0.105. The van der Waals surface area contributed by atoms with Gasteiger partial charge in [0.05, 0.1) is 7.11 Å². The number of methoxy groups -OCH3 is 1. The van der Waals surface area contributed by atoms with Crippen LogP contribution in [-0.2, 0) is 11.3 Å². The molecule has 0 aliphatic rings. The number of aliphatic carboxylic acids is 1. The first-order valence-corrected chi connectivity index (χ1v) is 6.17. The number of ether oxygens (including phenoxy) is 1. The third-order valence-electron chi connectivity index (χ3n) is 3.14. The van der Waals surface area contributed by atoms with E-state index in [0.29, 0.717) is 6.54 Å². The number of hydrogen-bond donors (Lipinski definition) is 2. The molecule has 0 bridgehead atoms. The first kappa shape index (κ1) is 14.5. The second kappa shape index (κ2) is 7.01. The van der Waals surface area contributed by atoms with Crippen LogP contribution in [0.25, 0.3) is 0 Å². The van der Waals surface area contributed by atoms with Crippen molar-refractivity contribution >= 4 is 5.97 Å². The molecule has 0 aromatic heterocycles. The Kier molecular flexibility index (Phi) is 5.65. The predicted molar refractivity (Wildman–Crippen MR) is 70.7 cm³/mol. The summed E-state index contributed by atoms with van der Waals surface area (Å²) in [6.45, 7) is 4.46. The highest BCUT2D eigenvalue weighted by atomic mass is 16.5. The Labute approximate surface area is 108 Å². The lowest BCUT2D eigenvalue weighted by molar-refractivity contribution is -0.140. The molecule has 0 radical (unpaired) electrons. The zero-order chi connectivity index (χ0) is 13.5. The fourth-order valence-corrected chi connectivity index (χ4v) is 1.78. The first-order valence-electron chi connectivity index (χ1n) is 6.17. The summed E-state index contributed by atoms with van der Waals surface area (Å²) in [5.41, 5.74) is 1.02. The van der Waals surface area contributed by atoms with Crippen LogP contribution in [0.4, 0.5) is 0 Å². The van der Waals surface area contributed by atoms with Crippen LogP contribution in [0.3, 0.4) is 0 Å². The molecule has 0 fully saturated rings. The van der Waals surface area contributed by atoms with E-state index in [4.69, 9.17) is 9.84 Å². The minimum Gasteiger partial charge on any atom is -0.497 e. The zero-order valence-corrected chi connectivity index (χ0v) is 11.1. The first-order chi connectivity index (χ1) is 8.58. The second-order valence-corrected chi connectivity index (χ2v) is 4.43. The monoisotopic (exact) mass is 251 g/mol. The van der Waals surface area contributed by atoms with Crippen LogP contribution in [0.1, 0.15) is 25.8 Å². The van der Waals surface area contributed by atoms with Gasteiger partial charge in [0.2, 0.25) is 0 Å². The number of nitrogens with one attached hydrogen (secondary N) is 1. The smallest absolute Gasteiger partial charge is 0.320 e. The summed E-state index contributed by atoms with van der Waals surface area (Å²) >= 11 is 0. The van der Waals surface area contributed by atoms with Crippen molar-refractivity contribution in [1.29, 1.82) is 0 Å². The van der Waals surface area contributed by atoms with Crippen molar-refractivity contribution in [3.05, 3.63) is 29.8 Å². The Morgan fingerprint density at radius 1 is 1.50 bits per heavy atom. The molecule has 2 N–H and O–H groups in total. The maximum Gasteiger partial charge on any atom is 0.320 e. The van der Waals surface area contributed by atoms with Crippen molar-refractivity contribution in [2.24, 2.45) is 5.92 Å². The van der Waals surface area contributed by atoms with Crippen LogP contribution >= 0.6 is 0 Å². The zero-order valence-electron chi connectivity index (χ0n) is 11.1. The third-order valence-corrected chi connectivity index (χ3v) is 3.14. The molecular formula is C14H21NO3. The maximum absolute atomic E-state index is 11.2. The average Bonchev–Trinajstić information content (AvgIpc) is 2.38. The van der Waals surface area contributed by atoms with Gasteiger partial charge >= 0.3 is 5.97 Å². The Hall–Kier alpha value is -1.55. The van der Waals surface area contributed by atoms with Crippen LogP contribution in [-0.4, -0.2) is 24.2 Å². The molecule has 2 atom stereocenters. The molecule has 0 aliphatic heterocycles. The van der Waals surface area contributed by atoms with Gasteiger partial charge in [-0.2, -0.15) is 0 Å². The standard InChI is InChI=1S/C14H21NO3/c1-4-10(2)13(14(16)17)15-9-11-6-5-7-12(8-11)18-3/h5-8,10,13,15H,4,9H2,1-3H3,(H,16,17)/t10-,13-/m0/s1. The van der Waals surface area contributed by atoms with Crippen molar-refractivity contribution in [2.75, 3.05) is 7.11 Å². The molecular weight excluding hydrogens is 230 g/mol. The molecule has 0 unspecified atom stereocenters. The van der Waals surface area contributed by atoms with Crippen LogP contribution < -0.4 is 10.1 Å². The van der Waals surface area contributed by atoms with Crippen molar-refractivity contribution < 1.29 is 14.6 Å². The average molecular weight is 251 g/mol. The number of carbonyl (C=O) groups is 1. The quantitative estimate of drug-likeness (QED) is 0.780. The van der Waals surface area contributed by atoms with Gasteiger partial charge < -0.3 is 15.2 Å². The highest BCUT2D eigenvalue weighted by molar-refractivity contribution is 5.73. The normalized spacial score (nSPS) is 13.9. The van der Waals surface area contributed by atoms with Crippen molar-refractivity contribution in [2.45, 2.75) is 32.9 Å². The lowest BCUT2D eigenvalue weighted by Crippen LogP contribution is -2.41. The molecule has 4 heteroatoms. The van der Waals surface area contributed by atoms with Gasteiger partial charge in [-0.1, -0.05) is 32.4 Å². The van der Waals surface area contributed by atoms with Gasteiger partial charge in [-0.15, -0.1) is 0 Å². The summed E-state index contributed by atoms with van der Waals surface area (Å²) in [4.78, 5) is 11.2. The Morgan fingerprint density at radius 3 is 2.78 bits per heavy atom. The summed E-state index contributed by atoms with van der Waals surface area (Å²) in [6, 6.07) is 7.11. The molecule has 100 valence electrons. The van der Waals surface area contributed by atoms with Gasteiger partial charge in [-0.05, 0) is 23.6 Å². The fourth-order valence-electron chi connectivity index (χ4n) is 1.78. The topological polar surface area (TPSA) is 58.6 Å². The molecule has 0 spiro atoms. The molecule has 0 saturated carbocycles. The minimum atomic E-state index is -0.799. The fraction of sp³-hybridized carbons (Fsp3) is 0.500. The van der Waals surface area contributed by atoms with Gasteiger partial charge in [-0.25, -0.2) is 0 Å². The lowest BCUT2D eigenvalue weighted by atomic mass is 9.99. The van der Waals surface area contributed by atoms with Crippen LogP contribution in [0.15, 0.2) is 24.3 Å². The van der Waals surface area contributed by atoms with E-state index < -0.39 is 12.0 Å². The largest absolute Gasteiger partial charge is 0.497 e. The lowest BCUT2D eigenvalue weighted by Gasteiger charge is -2.20. The van der Waals surface area contributed by atoms with E-state index in [-0.39, 0.29) is 5.92 Å². The van der Waals surface area contributed by atoms with Crippen molar-refractivity contribution in [1.82, 2.24) is 5.32 Å². The number of rotatable bonds is 7. The van der Waals surface area contributed by atoms with Gasteiger partial charge in [0, 0.05) is 6.54 Å². The SMILES string of the molecule is CC[C@H](C)[C@H](NCc1cccc(OC)c1)C(=O)O. The van der Waals surface area contributed by atoms with E-state index in [0.717, 1.165) is 17.7 Å². The number of benzene rings is 1. The van der Waals surface area contributed by atoms with E-state index in [2.05, 4.69) is 5.32 Å². The third kappa shape index (κ3) is 4.04. The van der Waals surface area contributed by atoms with E-state index in [1.54, 1.807) is 7.11 Å². The van der Waals surface area contributed by atoms with Crippen molar-refractivity contribution in [3.8, 4) is 5.75 Å². The summed E-state index contributed by atoms with van der Waals surface area (Å²) in [7, 11) is 1.62. The van der Waals surface area contributed by atoms with E-state index in [1.807, 2.05) is 38.1 Å². The Morgan fingerprint density at radius 2 is 2.22 bits per heavy atom. The highest BCUT2D eigenvalue weighted by Crippen LogP contribution is 2.14. The van der Waals surface area contributed by atoms with Crippen LogP contribution in [0.5, 0.6) is 5.75 Å². The molecule has 1 rings (SSSR count). The number of carboxylic acids is 1. The second-order valence-electron chi connectivity index (χ2n) is 4.43. The molecule has 1 aromatic rings. The molecule has 4 nitrogen and oxygen atoms in total. The molecule has 0 aliphatic carbocycles. The van der Waals surface area contributed by atoms with E-state index in [9.17, 15) is 4.79 Å². The van der Waals surface area contributed by atoms with Gasteiger partial charge in [0.15, 0.2) is 0 Å². The summed E-state index contributed by atoms with van der Waals surface area (Å²) in [6.07, 6.45) is 0.835. The van der Waals surface area contributed by atoms with Gasteiger partial charge in [0.1, 0.15) is 11.8 Å². The summed E-state index contributed by atoms with van der Waals surface area (Å²) in [5.74, 6) is 0.0880. The van der Waals surface area contributed by atoms with Gasteiger partial charge in [0.25, 0.3) is 0 Å². The van der Waals surface area contributed by atoms with Crippen LogP contribution in [0, 0.1) is 5.92 Å². The van der Waals surface area contributed by atoms with Crippen LogP contribution in [0.2, 0.25) is 0 Å². The molecule has 0 saturated heterocycles. The summed E-state index contributed by atoms with van der Waals surface area (Å²) in [5, 5.41) is 12.2. The van der Waals surface area contributed by atoms with E-state index in [1.165, 1.54) is 0 Å². The molecule has 0 heterocycles. The van der Waals surface area contributed by atoms with Crippen molar-refractivity contribution in [3.63, 3.8) is 0 Å². The Bertz CT molecular complexity index is 392. The molecule has 0 amide bonds. The Balaban J connectivity index is 2.63. The highest BCUT2D eigenvalue weighted by Gasteiger charge is 2.22. The van der Waals surface area contributed by atoms with Gasteiger partial charge in [-0.3, -0.25) is 4.79 Å². The number of hydrogen-bond acceptors (Lipinski definition) is 3. The summed E-state index contributed by atoms with van der Waals surface area (Å²) < 4.78 is 5.13. The maximum atomic E-state index is 11.2. The molecule has 18 heavy (non-hydrogen) atoms. The van der Waals surface area contributed by atoms with E-state index >= 15 is 0 Å². The molecule has 1 aromatic carbocycles. The predicted octanol–water partition coefficient (Wildman–Crippen LogP) is 2.28.